The Balaban J connectivity index is 0.000000218. The van der Waals surface area contributed by atoms with Crippen molar-refractivity contribution in [2.24, 2.45) is 0 Å². The molecule has 482 valence electrons. The molecule has 2 fully saturated rings. The van der Waals surface area contributed by atoms with E-state index in [2.05, 4.69) is 38.3 Å². The van der Waals surface area contributed by atoms with Crippen molar-refractivity contribution in [1.29, 1.82) is 0 Å². The van der Waals surface area contributed by atoms with Crippen molar-refractivity contribution in [3.05, 3.63) is 236 Å². The lowest BCUT2D eigenvalue weighted by Gasteiger charge is -2.38. The van der Waals surface area contributed by atoms with E-state index in [1.54, 1.807) is 75.1 Å². The van der Waals surface area contributed by atoms with E-state index in [0.717, 1.165) is 165 Å². The first kappa shape index (κ1) is 74.6. The second-order valence-electron chi connectivity index (χ2n) is 22.7. The molecule has 3 aliphatic heterocycles. The highest BCUT2D eigenvalue weighted by molar-refractivity contribution is 6.31. The molecular formula is C73H87Cl5N4O8. The number of aliphatic hydroxyl groups is 2. The molecule has 0 amide bonds. The first-order chi connectivity index (χ1) is 43.0. The van der Waals surface area contributed by atoms with Crippen LogP contribution in [0.2, 0.25) is 15.1 Å². The Morgan fingerprint density at radius 1 is 0.533 bits per heavy atom. The number of aromatic nitrogens is 1. The maximum absolute atomic E-state index is 12.3. The summed E-state index contributed by atoms with van der Waals surface area (Å²) in [5, 5.41) is 36.0. The van der Waals surface area contributed by atoms with Gasteiger partial charge >= 0.3 is 0 Å². The maximum atomic E-state index is 12.3. The smallest absolute Gasteiger partial charge is 0.162 e. The highest BCUT2D eigenvalue weighted by atomic mass is 35.5. The minimum absolute atomic E-state index is 0. The number of nitrogens with zero attached hydrogens (tertiary/aromatic N) is 3. The quantitative estimate of drug-likeness (QED) is 0.0289. The van der Waals surface area contributed by atoms with Crippen LogP contribution in [-0.4, -0.2) is 131 Å². The number of rotatable bonds is 22. The number of hydrogen-bond donors (Lipinski definition) is 4. The Morgan fingerprint density at radius 3 is 1.33 bits per heavy atom. The number of pyridine rings is 1. The number of nitrogens with one attached hydrogen (secondary N) is 1. The molecular weight excluding hydrogens is 1240 g/mol. The van der Waals surface area contributed by atoms with Gasteiger partial charge in [-0.3, -0.25) is 24.3 Å². The molecule has 90 heavy (non-hydrogen) atoms. The zero-order chi connectivity index (χ0) is 63.7. The average molecular weight is 1330 g/mol. The summed E-state index contributed by atoms with van der Waals surface area (Å²) < 4.78 is 10.1. The van der Waals surface area contributed by atoms with Crippen LogP contribution in [0.25, 0.3) is 0 Å². The molecule has 2 saturated heterocycles. The summed E-state index contributed by atoms with van der Waals surface area (Å²) in [7, 11) is 3.22. The Bertz CT molecular complexity index is 3150. The number of carbonyl (C=O) groups excluding carboxylic acids is 3. The Labute approximate surface area is 559 Å². The van der Waals surface area contributed by atoms with E-state index in [9.17, 15) is 29.7 Å². The minimum atomic E-state index is -0.650. The van der Waals surface area contributed by atoms with Crippen molar-refractivity contribution in [2.75, 3.05) is 72.5 Å². The van der Waals surface area contributed by atoms with Gasteiger partial charge in [0.2, 0.25) is 0 Å². The summed E-state index contributed by atoms with van der Waals surface area (Å²) in [6.07, 6.45) is 16.5. The summed E-state index contributed by atoms with van der Waals surface area (Å²) >= 11 is 23.2. The number of ketones is 3. The molecule has 1 aromatic heterocycles. The number of piperidine rings is 2. The van der Waals surface area contributed by atoms with Gasteiger partial charge in [-0.1, -0.05) is 88.9 Å². The Morgan fingerprint density at radius 2 is 0.944 bits per heavy atom. The van der Waals surface area contributed by atoms with Gasteiger partial charge in [0.25, 0.3) is 0 Å². The molecule has 0 spiro atoms. The van der Waals surface area contributed by atoms with Crippen LogP contribution in [0.1, 0.15) is 118 Å². The molecule has 7 aromatic rings. The molecule has 0 atom stereocenters. The fourth-order valence-corrected chi connectivity index (χ4v) is 11.0. The van der Waals surface area contributed by atoms with Gasteiger partial charge in [0, 0.05) is 108 Å². The molecule has 3 aliphatic rings. The van der Waals surface area contributed by atoms with Crippen LogP contribution < -0.4 is 14.8 Å². The average Bonchev–Trinajstić information content (AvgIpc) is 3.00. The third kappa shape index (κ3) is 28.2. The van der Waals surface area contributed by atoms with Gasteiger partial charge in [0.05, 0.1) is 25.4 Å². The molecule has 4 N–H and O–H groups in total. The predicted octanol–water partition coefficient (Wildman–Crippen LogP) is 15.7. The van der Waals surface area contributed by atoms with E-state index in [0.29, 0.717) is 37.1 Å². The molecule has 0 bridgehead atoms. The third-order valence-electron chi connectivity index (χ3n) is 15.8. The Hall–Kier alpha value is -6.13. The number of ether oxygens (including phenoxy) is 2. The lowest BCUT2D eigenvalue weighted by Crippen LogP contribution is -2.45. The number of alkyl halides is 1. The van der Waals surface area contributed by atoms with Crippen LogP contribution in [0.4, 0.5) is 0 Å². The van der Waals surface area contributed by atoms with E-state index < -0.39 is 11.2 Å². The molecule has 0 aliphatic carbocycles. The van der Waals surface area contributed by atoms with E-state index in [1.165, 1.54) is 11.1 Å². The van der Waals surface area contributed by atoms with Crippen molar-refractivity contribution in [1.82, 2.24) is 20.1 Å². The summed E-state index contributed by atoms with van der Waals surface area (Å²) in [5.74, 6) is 2.68. The van der Waals surface area contributed by atoms with E-state index in [1.807, 2.05) is 103 Å². The molecule has 17 heteroatoms. The van der Waals surface area contributed by atoms with Crippen molar-refractivity contribution in [3.8, 4) is 17.2 Å². The standard InChI is InChI=1S/C23H28ClNO3.C22H24ClNO2.C12H16ClNO.C11H13ClO2.C5H5N.ClH/c1-28-21-10-6-19(7-11-21)22(26)3-2-14-25-15-12-23(27,13-16-25)17-18-4-8-20(24)9-5-18;23-20-7-3-17(4-8-20)16-18-11-14-24(15-12-18)13-1-2-22(26)19-5-9-21(25)10-6-19;13-11-3-1-10(2-4-11)9-12(15)5-7-14-8-6-12;1-14-10-6-4-9(5-7-10)11(13)3-2-8-12;1-2-4-6-5-3-1;/h4-11,27H,2-3,12-17H2,1H3;3-11,25H,1-2,12-16H2;1-4,14-15H,5-9H2;4-7H,2-3,8H2,1H3;1-5H;1H. The summed E-state index contributed by atoms with van der Waals surface area (Å²) in [5.41, 5.74) is 5.99. The lowest BCUT2D eigenvalue weighted by atomic mass is 9.85. The summed E-state index contributed by atoms with van der Waals surface area (Å²) in [6, 6.07) is 50.1. The number of carbonyl (C=O) groups is 3. The van der Waals surface area contributed by atoms with Gasteiger partial charge in [-0.2, -0.15) is 0 Å². The van der Waals surface area contributed by atoms with Gasteiger partial charge in [-0.25, -0.2) is 0 Å². The monoisotopic (exact) mass is 1320 g/mol. The molecule has 0 radical (unpaired) electrons. The summed E-state index contributed by atoms with van der Waals surface area (Å²) in [6.45, 7) is 7.37. The minimum Gasteiger partial charge on any atom is -0.508 e. The van der Waals surface area contributed by atoms with Crippen LogP contribution in [0.15, 0.2) is 188 Å². The highest BCUT2D eigenvalue weighted by Crippen LogP contribution is 2.28. The van der Waals surface area contributed by atoms with E-state index >= 15 is 0 Å². The number of likely N-dealkylation sites (tertiary alicyclic amines) is 1. The third-order valence-corrected chi connectivity index (χ3v) is 16.8. The lowest BCUT2D eigenvalue weighted by molar-refractivity contribution is -0.0208. The van der Waals surface area contributed by atoms with Gasteiger partial charge in [-0.05, 0) is 222 Å². The highest BCUT2D eigenvalue weighted by Gasteiger charge is 2.32. The Kier molecular flexibility index (Phi) is 33.7. The SMILES string of the molecule is COc1ccc(C(=O)CCCCl)cc1.COc1ccc(C(=O)CCCN2CCC(O)(Cc3ccc(Cl)cc3)CC2)cc1.Cl.O=C(CCCN1CC=C(Cc2ccc(Cl)cc2)CC1)c1ccc(O)cc1.OC1(Cc2ccc(Cl)cc2)CCNCC1.c1ccncc1. The molecule has 10 rings (SSSR count). The van der Waals surface area contributed by atoms with Gasteiger partial charge in [0.1, 0.15) is 17.2 Å². The van der Waals surface area contributed by atoms with Crippen LogP contribution in [0, 0.1) is 0 Å². The van der Waals surface area contributed by atoms with Crippen LogP contribution in [-0.2, 0) is 19.3 Å². The normalized spacial score (nSPS) is 14.9. The zero-order valence-electron chi connectivity index (χ0n) is 51.7. The molecule has 0 saturated carbocycles. The van der Waals surface area contributed by atoms with Gasteiger partial charge in [-0.15, -0.1) is 24.0 Å². The molecule has 4 heterocycles. The largest absolute Gasteiger partial charge is 0.508 e. The fraction of sp³-hybridized carbons (Fsp3) is 0.370. The topological polar surface area (TPSA) is 162 Å². The fourth-order valence-electron chi connectivity index (χ4n) is 10.5. The second-order valence-corrected chi connectivity index (χ2v) is 24.3. The predicted molar refractivity (Wildman–Crippen MR) is 369 cm³/mol. The number of benzene rings is 6. The molecule has 12 nitrogen and oxygen atoms in total. The van der Waals surface area contributed by atoms with Crippen molar-refractivity contribution >= 4 is 76.2 Å². The van der Waals surface area contributed by atoms with Crippen LogP contribution in [0.5, 0.6) is 17.2 Å². The molecule has 6 aromatic carbocycles. The number of halogens is 5. The van der Waals surface area contributed by atoms with Crippen LogP contribution in [0.3, 0.4) is 0 Å². The van der Waals surface area contributed by atoms with E-state index in [-0.39, 0.29) is 35.5 Å². The van der Waals surface area contributed by atoms with Gasteiger partial charge < -0.3 is 35.0 Å². The number of Topliss-reactive ketones (excluding diaryl/α,β-unsaturated/α-hetero) is 3. The number of hydrogen-bond acceptors (Lipinski definition) is 12. The summed E-state index contributed by atoms with van der Waals surface area (Å²) in [4.78, 5) is 44.5. The van der Waals surface area contributed by atoms with E-state index in [4.69, 9.17) is 55.9 Å². The zero-order valence-corrected chi connectivity index (χ0v) is 55.6. The van der Waals surface area contributed by atoms with Crippen molar-refractivity contribution in [3.63, 3.8) is 0 Å². The van der Waals surface area contributed by atoms with Crippen molar-refractivity contribution < 1.29 is 39.2 Å². The van der Waals surface area contributed by atoms with Crippen molar-refractivity contribution in [2.45, 2.75) is 101 Å². The number of phenols is 1. The first-order valence-corrected chi connectivity index (χ1v) is 32.3. The number of aromatic hydroxyl groups is 1. The molecule has 0 unspecified atom stereocenters. The van der Waals surface area contributed by atoms with Gasteiger partial charge in [0.15, 0.2) is 17.3 Å². The maximum Gasteiger partial charge on any atom is 0.162 e. The second kappa shape index (κ2) is 40.7. The number of methoxy groups -OCH3 is 2. The first-order valence-electron chi connectivity index (χ1n) is 30.6. The number of phenolic OH excluding ortho intramolecular Hbond substituents is 1. The van der Waals surface area contributed by atoms with Crippen LogP contribution >= 0.6 is 58.8 Å².